The summed E-state index contributed by atoms with van der Waals surface area (Å²) in [4.78, 5) is 0. The Bertz CT molecular complexity index is 311. The third-order valence-electron chi connectivity index (χ3n) is 3.20. The maximum absolute atomic E-state index is 4.70. The Morgan fingerprint density at radius 3 is 2.93 bits per heavy atom. The van der Waals surface area contributed by atoms with Gasteiger partial charge in [0.25, 0.3) is 0 Å². The molecule has 0 amide bonds. The van der Waals surface area contributed by atoms with Gasteiger partial charge in [-0.3, -0.25) is 4.68 Å². The molecule has 1 aromatic rings. The highest BCUT2D eigenvalue weighted by Gasteiger charge is 2.18. The Morgan fingerprint density at radius 1 is 1.47 bits per heavy atom. The number of rotatable bonds is 3. The zero-order valence-electron chi connectivity index (χ0n) is 9.79. The zero-order chi connectivity index (χ0) is 10.7. The van der Waals surface area contributed by atoms with Gasteiger partial charge < -0.3 is 5.32 Å². The van der Waals surface area contributed by atoms with Gasteiger partial charge in [0.2, 0.25) is 0 Å². The van der Waals surface area contributed by atoms with E-state index in [4.69, 9.17) is 5.10 Å². The van der Waals surface area contributed by atoms with E-state index in [1.54, 1.807) is 0 Å². The van der Waals surface area contributed by atoms with Crippen LogP contribution in [0.1, 0.15) is 44.1 Å². The molecule has 1 fully saturated rings. The molecule has 1 aromatic heterocycles. The number of nitrogens with one attached hydrogen (secondary N) is 1. The summed E-state index contributed by atoms with van der Waals surface area (Å²) >= 11 is 0. The van der Waals surface area contributed by atoms with Crippen molar-refractivity contribution >= 4 is 0 Å². The predicted molar refractivity (Wildman–Crippen MR) is 62.1 cm³/mol. The van der Waals surface area contributed by atoms with Crippen LogP contribution in [0.5, 0.6) is 0 Å². The summed E-state index contributed by atoms with van der Waals surface area (Å²) in [7, 11) is 0. The summed E-state index contributed by atoms with van der Waals surface area (Å²) in [6.07, 6.45) is 4.67. The summed E-state index contributed by atoms with van der Waals surface area (Å²) in [6.45, 7) is 6.63. The van der Waals surface area contributed by atoms with E-state index in [9.17, 15) is 0 Å². The number of aromatic nitrogens is 2. The van der Waals surface area contributed by atoms with Crippen molar-refractivity contribution in [1.82, 2.24) is 15.1 Å². The lowest BCUT2D eigenvalue weighted by Gasteiger charge is -2.24. The van der Waals surface area contributed by atoms with E-state index in [0.717, 1.165) is 19.4 Å². The molecule has 0 bridgehead atoms. The van der Waals surface area contributed by atoms with Crippen LogP contribution >= 0.6 is 0 Å². The van der Waals surface area contributed by atoms with Gasteiger partial charge in [-0.1, -0.05) is 13.8 Å². The van der Waals surface area contributed by atoms with E-state index in [-0.39, 0.29) is 0 Å². The first-order chi connectivity index (χ1) is 7.35. The average Bonchev–Trinajstić information content (AvgIpc) is 2.73. The van der Waals surface area contributed by atoms with Gasteiger partial charge in [0, 0.05) is 12.2 Å². The number of nitrogens with zero attached hydrogens (tertiary/aromatic N) is 2. The molecule has 1 aliphatic rings. The van der Waals surface area contributed by atoms with Gasteiger partial charge in [-0.25, -0.2) is 0 Å². The maximum atomic E-state index is 4.70. The van der Waals surface area contributed by atoms with E-state index in [1.165, 1.54) is 30.8 Å². The molecule has 1 N–H and O–H groups in total. The Labute approximate surface area is 91.9 Å². The largest absolute Gasteiger partial charge is 0.315 e. The van der Waals surface area contributed by atoms with Crippen molar-refractivity contribution in [3.05, 3.63) is 17.5 Å². The van der Waals surface area contributed by atoms with Crippen LogP contribution in [0.3, 0.4) is 0 Å². The van der Waals surface area contributed by atoms with Crippen LogP contribution in [0, 0.1) is 0 Å². The van der Waals surface area contributed by atoms with Crippen molar-refractivity contribution in [3.63, 3.8) is 0 Å². The lowest BCUT2D eigenvalue weighted by molar-refractivity contribution is 0.338. The first-order valence-electron chi connectivity index (χ1n) is 6.13. The van der Waals surface area contributed by atoms with Crippen molar-refractivity contribution in [2.24, 2.45) is 0 Å². The van der Waals surface area contributed by atoms with Crippen LogP contribution in [0.15, 0.2) is 6.07 Å². The minimum atomic E-state index is 0.578. The molecule has 1 saturated heterocycles. The number of aryl methyl sites for hydroxylation is 2. The molecule has 3 heteroatoms. The third-order valence-corrected chi connectivity index (χ3v) is 3.20. The van der Waals surface area contributed by atoms with Crippen molar-refractivity contribution < 1.29 is 0 Å². The quantitative estimate of drug-likeness (QED) is 0.821. The van der Waals surface area contributed by atoms with Crippen LogP contribution in [0.4, 0.5) is 0 Å². The molecule has 1 unspecified atom stereocenters. The number of hydrogen-bond donors (Lipinski definition) is 1. The molecule has 84 valence electrons. The Morgan fingerprint density at radius 2 is 2.33 bits per heavy atom. The van der Waals surface area contributed by atoms with Crippen LogP contribution in [0.25, 0.3) is 0 Å². The molecule has 1 atom stereocenters. The summed E-state index contributed by atoms with van der Waals surface area (Å²) in [6, 6.07) is 2.84. The van der Waals surface area contributed by atoms with Crippen molar-refractivity contribution in [2.75, 3.05) is 13.1 Å². The maximum Gasteiger partial charge on any atom is 0.0647 e. The molecule has 0 saturated carbocycles. The minimum absolute atomic E-state index is 0.578. The Kier molecular flexibility index (Phi) is 3.41. The predicted octanol–water partition coefficient (Wildman–Crippen LogP) is 1.93. The van der Waals surface area contributed by atoms with E-state index >= 15 is 0 Å². The molecule has 0 aromatic carbocycles. The second kappa shape index (κ2) is 4.79. The molecule has 2 heterocycles. The molecule has 2 rings (SSSR count). The Hall–Kier alpha value is -0.830. The SMILES string of the molecule is CCc1cc(CC)n(C2CCCNC2)n1. The van der Waals surface area contributed by atoms with E-state index in [2.05, 4.69) is 29.9 Å². The highest BCUT2D eigenvalue weighted by atomic mass is 15.3. The summed E-state index contributed by atoms with van der Waals surface area (Å²) < 4.78 is 2.25. The van der Waals surface area contributed by atoms with Gasteiger partial charge in [-0.2, -0.15) is 5.10 Å². The lowest BCUT2D eigenvalue weighted by atomic mass is 10.1. The second-order valence-corrected chi connectivity index (χ2v) is 4.28. The summed E-state index contributed by atoms with van der Waals surface area (Å²) in [5.74, 6) is 0. The first-order valence-corrected chi connectivity index (χ1v) is 6.13. The fraction of sp³-hybridized carbons (Fsp3) is 0.750. The molecule has 1 aliphatic heterocycles. The van der Waals surface area contributed by atoms with Crippen molar-refractivity contribution in [1.29, 1.82) is 0 Å². The zero-order valence-corrected chi connectivity index (χ0v) is 9.79. The standard InChI is InChI=1S/C12H21N3/c1-3-10-8-11(4-2)15(14-10)12-6-5-7-13-9-12/h8,12-13H,3-7,9H2,1-2H3. The van der Waals surface area contributed by atoms with Crippen LogP contribution in [-0.4, -0.2) is 22.9 Å². The van der Waals surface area contributed by atoms with Crippen LogP contribution in [-0.2, 0) is 12.8 Å². The summed E-state index contributed by atoms with van der Waals surface area (Å²) in [5, 5.41) is 8.15. The normalized spacial score (nSPS) is 21.9. The van der Waals surface area contributed by atoms with Crippen LogP contribution < -0.4 is 5.32 Å². The Balaban J connectivity index is 2.20. The van der Waals surface area contributed by atoms with Crippen LogP contribution in [0.2, 0.25) is 0 Å². The van der Waals surface area contributed by atoms with Crippen molar-refractivity contribution in [2.45, 2.75) is 45.6 Å². The van der Waals surface area contributed by atoms with Gasteiger partial charge in [0.1, 0.15) is 0 Å². The van der Waals surface area contributed by atoms with E-state index in [0.29, 0.717) is 6.04 Å². The number of piperidine rings is 1. The van der Waals surface area contributed by atoms with Gasteiger partial charge >= 0.3 is 0 Å². The topological polar surface area (TPSA) is 29.9 Å². The molecule has 0 radical (unpaired) electrons. The molecule has 3 nitrogen and oxygen atoms in total. The van der Waals surface area contributed by atoms with E-state index < -0.39 is 0 Å². The highest BCUT2D eigenvalue weighted by Crippen LogP contribution is 2.19. The molecule has 0 aliphatic carbocycles. The van der Waals surface area contributed by atoms with Gasteiger partial charge in [-0.15, -0.1) is 0 Å². The number of hydrogen-bond acceptors (Lipinski definition) is 2. The lowest BCUT2D eigenvalue weighted by Crippen LogP contribution is -2.32. The average molecular weight is 207 g/mol. The second-order valence-electron chi connectivity index (χ2n) is 4.28. The van der Waals surface area contributed by atoms with Gasteiger partial charge in [0.15, 0.2) is 0 Å². The molecular weight excluding hydrogens is 186 g/mol. The highest BCUT2D eigenvalue weighted by molar-refractivity contribution is 5.11. The van der Waals surface area contributed by atoms with Gasteiger partial charge in [0.05, 0.1) is 11.7 Å². The van der Waals surface area contributed by atoms with Crippen molar-refractivity contribution in [3.8, 4) is 0 Å². The molecule has 15 heavy (non-hydrogen) atoms. The third kappa shape index (κ3) is 2.23. The first kappa shape index (κ1) is 10.7. The fourth-order valence-corrected chi connectivity index (χ4v) is 2.29. The van der Waals surface area contributed by atoms with E-state index in [1.807, 2.05) is 0 Å². The monoisotopic (exact) mass is 207 g/mol. The van der Waals surface area contributed by atoms with Gasteiger partial charge in [-0.05, 0) is 38.3 Å². The minimum Gasteiger partial charge on any atom is -0.315 e. The summed E-state index contributed by atoms with van der Waals surface area (Å²) in [5.41, 5.74) is 2.62. The molecule has 0 spiro atoms. The fourth-order valence-electron chi connectivity index (χ4n) is 2.29. The smallest absolute Gasteiger partial charge is 0.0647 e. The molecular formula is C12H21N3.